The summed E-state index contributed by atoms with van der Waals surface area (Å²) in [5.74, 6) is 1.59. The second-order valence-electron chi connectivity index (χ2n) is 6.39. The molecule has 1 N–H and O–H groups in total. The molecule has 1 aliphatic heterocycles. The molecule has 0 aromatic carbocycles. The summed E-state index contributed by atoms with van der Waals surface area (Å²) in [4.78, 5) is 0. The van der Waals surface area contributed by atoms with E-state index in [1.807, 2.05) is 0 Å². The molecule has 0 bridgehead atoms. The predicted molar refractivity (Wildman–Crippen MR) is 67.5 cm³/mol. The average molecular weight is 225 g/mol. The van der Waals surface area contributed by atoms with Crippen LogP contribution < -0.4 is 5.32 Å². The highest BCUT2D eigenvalue weighted by molar-refractivity contribution is 4.96. The molecule has 2 unspecified atom stereocenters. The minimum absolute atomic E-state index is 0.632. The third kappa shape index (κ3) is 3.21. The number of ether oxygens (including phenoxy) is 1. The topological polar surface area (TPSA) is 21.3 Å². The van der Waals surface area contributed by atoms with Gasteiger partial charge in [-0.25, -0.2) is 0 Å². The van der Waals surface area contributed by atoms with Gasteiger partial charge in [-0.1, -0.05) is 13.8 Å². The van der Waals surface area contributed by atoms with E-state index in [9.17, 15) is 0 Å². The summed E-state index contributed by atoms with van der Waals surface area (Å²) in [5, 5.41) is 3.75. The first-order valence-electron chi connectivity index (χ1n) is 6.92. The molecule has 2 rings (SSSR count). The van der Waals surface area contributed by atoms with Gasteiger partial charge in [0.25, 0.3) is 0 Å². The van der Waals surface area contributed by atoms with Crippen LogP contribution in [-0.4, -0.2) is 25.8 Å². The maximum absolute atomic E-state index is 5.45. The fraction of sp³-hybridized carbons (Fsp3) is 1.00. The molecule has 2 aliphatic rings. The van der Waals surface area contributed by atoms with E-state index in [4.69, 9.17) is 4.74 Å². The molecule has 0 amide bonds. The normalized spacial score (nSPS) is 29.6. The summed E-state index contributed by atoms with van der Waals surface area (Å²) in [6.07, 6.45) is 5.51. The van der Waals surface area contributed by atoms with Gasteiger partial charge < -0.3 is 10.1 Å². The average Bonchev–Trinajstić information content (AvgIpc) is 2.80. The van der Waals surface area contributed by atoms with Gasteiger partial charge in [-0.3, -0.25) is 0 Å². The maximum atomic E-state index is 5.45. The molecule has 1 aliphatic carbocycles. The van der Waals surface area contributed by atoms with Crippen molar-refractivity contribution in [2.24, 2.45) is 17.3 Å². The Bertz CT molecular complexity index is 217. The molecular weight excluding hydrogens is 198 g/mol. The van der Waals surface area contributed by atoms with E-state index in [0.717, 1.165) is 25.0 Å². The molecule has 1 saturated heterocycles. The Morgan fingerprint density at radius 2 is 2.06 bits per heavy atom. The molecule has 94 valence electrons. The van der Waals surface area contributed by atoms with Crippen molar-refractivity contribution in [1.29, 1.82) is 0 Å². The second kappa shape index (κ2) is 5.05. The van der Waals surface area contributed by atoms with Crippen LogP contribution in [0.15, 0.2) is 0 Å². The molecule has 1 heterocycles. The Balaban J connectivity index is 1.70. The Hall–Kier alpha value is -0.0800. The lowest BCUT2D eigenvalue weighted by Crippen LogP contribution is -2.38. The van der Waals surface area contributed by atoms with Crippen LogP contribution in [0.1, 0.15) is 46.5 Å². The van der Waals surface area contributed by atoms with E-state index in [0.29, 0.717) is 11.5 Å². The summed E-state index contributed by atoms with van der Waals surface area (Å²) >= 11 is 0. The Morgan fingerprint density at radius 3 is 2.56 bits per heavy atom. The molecule has 2 atom stereocenters. The van der Waals surface area contributed by atoms with E-state index in [2.05, 4.69) is 26.1 Å². The molecule has 0 aromatic rings. The van der Waals surface area contributed by atoms with Crippen molar-refractivity contribution in [2.75, 3.05) is 19.8 Å². The Kier molecular flexibility index (Phi) is 3.91. The Morgan fingerprint density at radius 1 is 1.31 bits per heavy atom. The summed E-state index contributed by atoms with van der Waals surface area (Å²) < 4.78 is 5.45. The highest BCUT2D eigenvalue weighted by atomic mass is 16.5. The van der Waals surface area contributed by atoms with Crippen molar-refractivity contribution < 1.29 is 4.74 Å². The second-order valence-corrected chi connectivity index (χ2v) is 6.39. The van der Waals surface area contributed by atoms with Gasteiger partial charge in [-0.2, -0.15) is 0 Å². The Labute approximate surface area is 100 Å². The van der Waals surface area contributed by atoms with Crippen molar-refractivity contribution in [3.8, 4) is 0 Å². The highest BCUT2D eigenvalue weighted by Crippen LogP contribution is 2.50. The summed E-state index contributed by atoms with van der Waals surface area (Å²) in [7, 11) is 0. The van der Waals surface area contributed by atoms with Crippen LogP contribution in [0.4, 0.5) is 0 Å². The van der Waals surface area contributed by atoms with Gasteiger partial charge in [-0.15, -0.1) is 0 Å². The van der Waals surface area contributed by atoms with E-state index in [1.54, 1.807) is 0 Å². The van der Waals surface area contributed by atoms with E-state index in [-0.39, 0.29) is 0 Å². The molecule has 0 radical (unpaired) electrons. The lowest BCUT2D eigenvalue weighted by Gasteiger charge is -2.24. The summed E-state index contributed by atoms with van der Waals surface area (Å²) in [6, 6.07) is 0.632. The van der Waals surface area contributed by atoms with Crippen molar-refractivity contribution in [3.63, 3.8) is 0 Å². The highest BCUT2D eigenvalue weighted by Gasteiger charge is 2.42. The molecule has 0 spiro atoms. The van der Waals surface area contributed by atoms with E-state index in [1.165, 1.54) is 32.2 Å². The van der Waals surface area contributed by atoms with Crippen LogP contribution in [-0.2, 0) is 4.74 Å². The SMILES string of the molecule is CC(C)CC1(CNC(C)C2CCOC2)CC1. The van der Waals surface area contributed by atoms with Crippen LogP contribution in [0.2, 0.25) is 0 Å². The van der Waals surface area contributed by atoms with Crippen LogP contribution in [0.3, 0.4) is 0 Å². The molecular formula is C14H27NO. The first kappa shape index (κ1) is 12.4. The van der Waals surface area contributed by atoms with Crippen LogP contribution in [0.5, 0.6) is 0 Å². The maximum Gasteiger partial charge on any atom is 0.0509 e. The van der Waals surface area contributed by atoms with Gasteiger partial charge in [-0.05, 0) is 49.9 Å². The number of hydrogen-bond acceptors (Lipinski definition) is 2. The van der Waals surface area contributed by atoms with Gasteiger partial charge in [0.05, 0.1) is 6.61 Å². The molecule has 2 fully saturated rings. The van der Waals surface area contributed by atoms with Crippen molar-refractivity contribution in [1.82, 2.24) is 5.32 Å². The van der Waals surface area contributed by atoms with Crippen molar-refractivity contribution >= 4 is 0 Å². The number of nitrogens with one attached hydrogen (secondary N) is 1. The number of hydrogen-bond donors (Lipinski definition) is 1. The van der Waals surface area contributed by atoms with Gasteiger partial charge >= 0.3 is 0 Å². The third-order valence-corrected chi connectivity index (χ3v) is 4.27. The first-order chi connectivity index (χ1) is 7.61. The summed E-state index contributed by atoms with van der Waals surface area (Å²) in [6.45, 7) is 10.2. The van der Waals surface area contributed by atoms with Gasteiger partial charge in [0.2, 0.25) is 0 Å². The fourth-order valence-corrected chi connectivity index (χ4v) is 2.99. The van der Waals surface area contributed by atoms with Crippen molar-refractivity contribution in [3.05, 3.63) is 0 Å². The summed E-state index contributed by atoms with van der Waals surface area (Å²) in [5.41, 5.74) is 0.655. The molecule has 0 aromatic heterocycles. The largest absolute Gasteiger partial charge is 0.381 e. The van der Waals surface area contributed by atoms with Gasteiger partial charge in [0.15, 0.2) is 0 Å². The van der Waals surface area contributed by atoms with Crippen molar-refractivity contribution in [2.45, 2.75) is 52.5 Å². The standard InChI is InChI=1S/C14H27NO/c1-11(2)8-14(5-6-14)10-15-12(3)13-4-7-16-9-13/h11-13,15H,4-10H2,1-3H3. The van der Waals surface area contributed by atoms with Gasteiger partial charge in [0.1, 0.15) is 0 Å². The molecule has 16 heavy (non-hydrogen) atoms. The van der Waals surface area contributed by atoms with Crippen LogP contribution >= 0.6 is 0 Å². The van der Waals surface area contributed by atoms with Gasteiger partial charge in [0, 0.05) is 19.2 Å². The smallest absolute Gasteiger partial charge is 0.0509 e. The predicted octanol–water partition coefficient (Wildman–Crippen LogP) is 2.83. The third-order valence-electron chi connectivity index (χ3n) is 4.27. The number of rotatable bonds is 6. The fourth-order valence-electron chi connectivity index (χ4n) is 2.99. The zero-order chi connectivity index (χ0) is 11.6. The lowest BCUT2D eigenvalue weighted by atomic mass is 9.93. The molecule has 1 saturated carbocycles. The molecule has 2 nitrogen and oxygen atoms in total. The van der Waals surface area contributed by atoms with Crippen LogP contribution in [0, 0.1) is 17.3 Å². The zero-order valence-corrected chi connectivity index (χ0v) is 11.1. The zero-order valence-electron chi connectivity index (χ0n) is 11.1. The van der Waals surface area contributed by atoms with E-state index < -0.39 is 0 Å². The van der Waals surface area contributed by atoms with Crippen LogP contribution in [0.25, 0.3) is 0 Å². The monoisotopic (exact) mass is 225 g/mol. The quantitative estimate of drug-likeness (QED) is 0.750. The first-order valence-corrected chi connectivity index (χ1v) is 6.92. The minimum Gasteiger partial charge on any atom is -0.381 e. The minimum atomic E-state index is 0.632. The lowest BCUT2D eigenvalue weighted by molar-refractivity contribution is 0.177. The van der Waals surface area contributed by atoms with E-state index >= 15 is 0 Å². The molecule has 2 heteroatoms.